The minimum absolute atomic E-state index is 0.661. The Morgan fingerprint density at radius 3 is 1.46 bits per heavy atom. The minimum atomic E-state index is -1.40. The Bertz CT molecular complexity index is 90.8. The van der Waals surface area contributed by atoms with Gasteiger partial charge in [0, 0.05) is 19.8 Å². The van der Waals surface area contributed by atoms with Crippen LogP contribution in [-0.4, -0.2) is 34.6 Å². The summed E-state index contributed by atoms with van der Waals surface area (Å²) in [5.74, 6) is 0. The fourth-order valence-corrected chi connectivity index (χ4v) is 1.44. The van der Waals surface area contributed by atoms with E-state index in [2.05, 4.69) is 0 Å². The molecule has 0 saturated carbocycles. The van der Waals surface area contributed by atoms with Crippen molar-refractivity contribution in [3.05, 3.63) is 4.91 Å². The standard InChI is InChI=1S/C6H15O3Si.HNO2/c1-4-7-10(8-5-2)9-6-3;2-1-3/h4-6H2,1-3H3;(H,2,3). The summed E-state index contributed by atoms with van der Waals surface area (Å²) in [5, 5.41) is 7.89. The molecule has 0 aromatic rings. The second kappa shape index (κ2) is 14.0. The zero-order valence-electron chi connectivity index (χ0n) is 8.15. The average molecular weight is 210 g/mol. The molecule has 0 fully saturated rings. The third kappa shape index (κ3) is 14.4. The molecule has 0 spiro atoms. The highest BCUT2D eigenvalue weighted by molar-refractivity contribution is 6.36. The molecular weight excluding hydrogens is 194 g/mol. The molecule has 0 unspecified atom stereocenters. The Kier molecular flexibility index (Phi) is 16.2. The van der Waals surface area contributed by atoms with Crippen molar-refractivity contribution >= 4 is 9.53 Å². The largest absolute Gasteiger partial charge is 0.577 e. The molecule has 79 valence electrons. The second-order valence-electron chi connectivity index (χ2n) is 1.63. The van der Waals surface area contributed by atoms with Gasteiger partial charge in [0.05, 0.1) is 0 Å². The van der Waals surface area contributed by atoms with Gasteiger partial charge >= 0.3 is 9.53 Å². The summed E-state index contributed by atoms with van der Waals surface area (Å²) < 4.78 is 15.5. The first-order chi connectivity index (χ1) is 6.26. The summed E-state index contributed by atoms with van der Waals surface area (Å²) >= 11 is 0. The molecule has 0 bridgehead atoms. The van der Waals surface area contributed by atoms with Crippen molar-refractivity contribution in [2.75, 3.05) is 19.8 Å². The monoisotopic (exact) mass is 210 g/mol. The molecule has 0 aliphatic carbocycles. The summed E-state index contributed by atoms with van der Waals surface area (Å²) in [6, 6.07) is 0. The van der Waals surface area contributed by atoms with Gasteiger partial charge in [-0.1, -0.05) is 0 Å². The van der Waals surface area contributed by atoms with Crippen LogP contribution in [0.25, 0.3) is 0 Å². The third-order valence-corrected chi connectivity index (χ3v) is 2.36. The van der Waals surface area contributed by atoms with Crippen molar-refractivity contribution in [2.45, 2.75) is 20.8 Å². The lowest BCUT2D eigenvalue weighted by Gasteiger charge is -2.10. The van der Waals surface area contributed by atoms with Gasteiger partial charge in [0.2, 0.25) is 0 Å². The normalized spacial score (nSPS) is 9.23. The quantitative estimate of drug-likeness (QED) is 0.405. The van der Waals surface area contributed by atoms with E-state index in [-0.39, 0.29) is 0 Å². The van der Waals surface area contributed by atoms with Gasteiger partial charge in [-0.15, -0.1) is 4.91 Å². The highest BCUT2D eigenvalue weighted by Crippen LogP contribution is 1.90. The number of hydrogen-bond donors (Lipinski definition) is 1. The molecule has 0 aromatic heterocycles. The van der Waals surface area contributed by atoms with Crippen LogP contribution in [-0.2, 0) is 13.3 Å². The molecule has 13 heavy (non-hydrogen) atoms. The summed E-state index contributed by atoms with van der Waals surface area (Å²) in [4.78, 5) is 8.11. The van der Waals surface area contributed by atoms with E-state index in [0.717, 1.165) is 0 Å². The highest BCUT2D eigenvalue weighted by atomic mass is 28.3. The predicted molar refractivity (Wildman–Crippen MR) is 48.2 cm³/mol. The lowest BCUT2D eigenvalue weighted by Crippen LogP contribution is -2.27. The van der Waals surface area contributed by atoms with Gasteiger partial charge in [-0.2, -0.15) is 0 Å². The van der Waals surface area contributed by atoms with E-state index in [0.29, 0.717) is 19.8 Å². The van der Waals surface area contributed by atoms with Gasteiger partial charge in [0.15, 0.2) is 5.34 Å². The van der Waals surface area contributed by atoms with Crippen molar-refractivity contribution in [3.63, 3.8) is 0 Å². The van der Waals surface area contributed by atoms with E-state index in [1.165, 1.54) is 5.34 Å². The van der Waals surface area contributed by atoms with E-state index in [9.17, 15) is 0 Å². The Morgan fingerprint density at radius 2 is 1.31 bits per heavy atom. The molecule has 0 atom stereocenters. The molecule has 0 amide bonds. The van der Waals surface area contributed by atoms with Gasteiger partial charge in [0.25, 0.3) is 0 Å². The van der Waals surface area contributed by atoms with Crippen molar-refractivity contribution in [1.29, 1.82) is 0 Å². The Hall–Kier alpha value is -0.503. The summed E-state index contributed by atoms with van der Waals surface area (Å²) in [6.45, 7) is 7.78. The number of rotatable bonds is 6. The lowest BCUT2D eigenvalue weighted by atomic mass is 10.9. The molecule has 1 N–H and O–H groups in total. The van der Waals surface area contributed by atoms with Crippen LogP contribution in [0.5, 0.6) is 0 Å². The van der Waals surface area contributed by atoms with Crippen LogP contribution in [0.3, 0.4) is 0 Å². The Morgan fingerprint density at radius 1 is 1.08 bits per heavy atom. The maximum Gasteiger partial charge on any atom is 0.577 e. The van der Waals surface area contributed by atoms with E-state index in [4.69, 9.17) is 23.4 Å². The van der Waals surface area contributed by atoms with Crippen molar-refractivity contribution in [3.8, 4) is 0 Å². The van der Waals surface area contributed by atoms with Gasteiger partial charge in [-0.3, -0.25) is 0 Å². The molecule has 7 heteroatoms. The third-order valence-electron chi connectivity index (χ3n) is 0.787. The zero-order valence-corrected chi connectivity index (χ0v) is 9.15. The first-order valence-corrected chi connectivity index (χ1v) is 5.21. The molecule has 1 radical (unpaired) electrons. The molecule has 6 nitrogen and oxygen atoms in total. The van der Waals surface area contributed by atoms with Crippen LogP contribution in [0, 0.1) is 4.91 Å². The molecule has 0 aromatic carbocycles. The second-order valence-corrected chi connectivity index (χ2v) is 3.00. The number of hydrogen-bond acceptors (Lipinski definition) is 5. The average Bonchev–Trinajstić information content (AvgIpc) is 2.07. The Labute approximate surface area is 79.7 Å². The van der Waals surface area contributed by atoms with Gasteiger partial charge in [-0.25, -0.2) is 0 Å². The van der Waals surface area contributed by atoms with Crippen LogP contribution in [0.1, 0.15) is 20.8 Å². The summed E-state index contributed by atoms with van der Waals surface area (Å²) in [6.07, 6.45) is 0. The van der Waals surface area contributed by atoms with Gasteiger partial charge in [-0.05, 0) is 20.8 Å². The number of nitrogens with zero attached hydrogens (tertiary/aromatic N) is 1. The SMILES string of the molecule is CCO[Si](OCC)OCC.O=NO. The smallest absolute Gasteiger partial charge is 0.379 e. The van der Waals surface area contributed by atoms with Gasteiger partial charge in [0.1, 0.15) is 0 Å². The topological polar surface area (TPSA) is 77.4 Å². The molecule has 0 saturated heterocycles. The fourth-order valence-electron chi connectivity index (χ4n) is 0.479. The van der Waals surface area contributed by atoms with Crippen molar-refractivity contribution in [2.24, 2.45) is 5.34 Å². The Balaban J connectivity index is 0. The minimum Gasteiger partial charge on any atom is -0.379 e. The fraction of sp³-hybridized carbons (Fsp3) is 1.00. The van der Waals surface area contributed by atoms with E-state index >= 15 is 0 Å². The van der Waals surface area contributed by atoms with Crippen LogP contribution in [0.2, 0.25) is 0 Å². The lowest BCUT2D eigenvalue weighted by molar-refractivity contribution is 0.107. The van der Waals surface area contributed by atoms with Crippen molar-refractivity contribution < 1.29 is 18.5 Å². The predicted octanol–water partition coefficient (Wildman–Crippen LogP) is 1.22. The van der Waals surface area contributed by atoms with E-state index in [1.807, 2.05) is 20.8 Å². The molecule has 0 aliphatic rings. The molecule has 0 aliphatic heterocycles. The maximum absolute atomic E-state index is 8.11. The zero-order chi connectivity index (χ0) is 10.5. The van der Waals surface area contributed by atoms with E-state index in [1.54, 1.807) is 0 Å². The summed E-state index contributed by atoms with van der Waals surface area (Å²) in [5.41, 5.74) is 0. The van der Waals surface area contributed by atoms with E-state index < -0.39 is 9.53 Å². The van der Waals surface area contributed by atoms with Crippen LogP contribution < -0.4 is 0 Å². The van der Waals surface area contributed by atoms with Crippen LogP contribution in [0.4, 0.5) is 0 Å². The van der Waals surface area contributed by atoms with Gasteiger partial charge < -0.3 is 18.5 Å². The highest BCUT2D eigenvalue weighted by Gasteiger charge is 2.15. The molecular formula is C6H16NO5Si. The molecule has 0 heterocycles. The first kappa shape index (κ1) is 15.0. The maximum atomic E-state index is 8.11. The first-order valence-electron chi connectivity index (χ1n) is 3.98. The molecule has 0 rings (SSSR count). The van der Waals surface area contributed by atoms with Crippen LogP contribution in [0.15, 0.2) is 5.34 Å². The van der Waals surface area contributed by atoms with Crippen LogP contribution >= 0.6 is 0 Å². The summed E-state index contributed by atoms with van der Waals surface area (Å²) in [7, 11) is -1.40. The van der Waals surface area contributed by atoms with Crippen molar-refractivity contribution in [1.82, 2.24) is 0 Å².